The molecule has 1 amide bonds. The molecule has 1 heterocycles. The highest BCUT2D eigenvalue weighted by atomic mass is 32.2. The first-order chi connectivity index (χ1) is 9.66. The third-order valence-corrected chi connectivity index (χ3v) is 3.86. The van der Waals surface area contributed by atoms with E-state index in [1.54, 1.807) is 30.0 Å². The Kier molecular flexibility index (Phi) is 5.24. The van der Waals surface area contributed by atoms with Gasteiger partial charge in [-0.3, -0.25) is 4.79 Å². The average Bonchev–Trinajstić information content (AvgIpc) is 2.86. The lowest BCUT2D eigenvalue weighted by atomic mass is 10.2. The molecule has 20 heavy (non-hydrogen) atoms. The summed E-state index contributed by atoms with van der Waals surface area (Å²) in [6, 6.07) is 8.17. The van der Waals surface area contributed by atoms with Gasteiger partial charge in [0.25, 0.3) is 5.91 Å². The Morgan fingerprint density at radius 1 is 1.30 bits per heavy atom. The first-order valence-corrected chi connectivity index (χ1v) is 7.36. The second-order valence-corrected chi connectivity index (χ2v) is 5.51. The SMILES string of the molecule is Cc1ccoc1C(=O)NCCCSc1ccc(F)cc1. The lowest BCUT2D eigenvalue weighted by Gasteiger charge is -2.04. The summed E-state index contributed by atoms with van der Waals surface area (Å²) in [4.78, 5) is 12.8. The fraction of sp³-hybridized carbons (Fsp3) is 0.267. The number of aryl methyl sites for hydroxylation is 1. The third kappa shape index (κ3) is 4.13. The zero-order valence-electron chi connectivity index (χ0n) is 11.2. The van der Waals surface area contributed by atoms with E-state index in [0.717, 1.165) is 22.6 Å². The molecule has 2 aromatic rings. The van der Waals surface area contributed by atoms with Crippen molar-refractivity contribution in [3.8, 4) is 0 Å². The Morgan fingerprint density at radius 3 is 2.70 bits per heavy atom. The highest BCUT2D eigenvalue weighted by Crippen LogP contribution is 2.18. The van der Waals surface area contributed by atoms with Gasteiger partial charge in [-0.15, -0.1) is 11.8 Å². The highest BCUT2D eigenvalue weighted by Gasteiger charge is 2.11. The number of rotatable bonds is 6. The summed E-state index contributed by atoms with van der Waals surface area (Å²) >= 11 is 1.64. The van der Waals surface area contributed by atoms with Crippen molar-refractivity contribution < 1.29 is 13.6 Å². The molecule has 0 aliphatic carbocycles. The predicted molar refractivity (Wildman–Crippen MR) is 77.5 cm³/mol. The van der Waals surface area contributed by atoms with E-state index in [4.69, 9.17) is 4.42 Å². The summed E-state index contributed by atoms with van der Waals surface area (Å²) < 4.78 is 17.8. The van der Waals surface area contributed by atoms with Gasteiger partial charge < -0.3 is 9.73 Å². The van der Waals surface area contributed by atoms with E-state index in [0.29, 0.717) is 12.3 Å². The van der Waals surface area contributed by atoms with Gasteiger partial charge in [0.2, 0.25) is 0 Å². The fourth-order valence-corrected chi connectivity index (χ4v) is 2.53. The summed E-state index contributed by atoms with van der Waals surface area (Å²) in [6.07, 6.45) is 2.35. The molecule has 2 rings (SSSR count). The van der Waals surface area contributed by atoms with E-state index in [2.05, 4.69) is 5.32 Å². The molecule has 0 fully saturated rings. The zero-order valence-corrected chi connectivity index (χ0v) is 12.0. The maximum absolute atomic E-state index is 12.7. The summed E-state index contributed by atoms with van der Waals surface area (Å²) in [6.45, 7) is 2.43. The van der Waals surface area contributed by atoms with E-state index in [9.17, 15) is 9.18 Å². The number of nitrogens with one attached hydrogen (secondary N) is 1. The molecule has 0 aliphatic rings. The molecule has 1 aromatic heterocycles. The highest BCUT2D eigenvalue weighted by molar-refractivity contribution is 7.99. The molecule has 0 saturated carbocycles. The maximum atomic E-state index is 12.7. The van der Waals surface area contributed by atoms with Gasteiger partial charge >= 0.3 is 0 Å². The van der Waals surface area contributed by atoms with Crippen LogP contribution in [0.1, 0.15) is 22.5 Å². The van der Waals surface area contributed by atoms with Crippen molar-refractivity contribution in [1.82, 2.24) is 5.32 Å². The molecule has 1 aromatic carbocycles. The Hall–Kier alpha value is -1.75. The van der Waals surface area contributed by atoms with Crippen LogP contribution in [0.5, 0.6) is 0 Å². The van der Waals surface area contributed by atoms with Crippen molar-refractivity contribution in [2.75, 3.05) is 12.3 Å². The molecule has 0 spiro atoms. The molecule has 0 radical (unpaired) electrons. The quantitative estimate of drug-likeness (QED) is 0.653. The van der Waals surface area contributed by atoms with Crippen molar-refractivity contribution in [2.45, 2.75) is 18.2 Å². The number of furan rings is 1. The van der Waals surface area contributed by atoms with E-state index < -0.39 is 0 Å². The lowest BCUT2D eigenvalue weighted by Crippen LogP contribution is -2.24. The summed E-state index contributed by atoms with van der Waals surface area (Å²) in [5.41, 5.74) is 0.836. The van der Waals surface area contributed by atoms with Crippen molar-refractivity contribution in [2.24, 2.45) is 0 Å². The van der Waals surface area contributed by atoms with Crippen LogP contribution in [0.2, 0.25) is 0 Å². The van der Waals surface area contributed by atoms with Gasteiger partial charge in [0.1, 0.15) is 5.82 Å². The average molecular weight is 293 g/mol. The molecule has 1 N–H and O–H groups in total. The smallest absolute Gasteiger partial charge is 0.287 e. The zero-order chi connectivity index (χ0) is 14.4. The molecule has 0 bridgehead atoms. The van der Waals surface area contributed by atoms with Gasteiger partial charge in [0.05, 0.1) is 6.26 Å². The van der Waals surface area contributed by atoms with Gasteiger partial charge in [-0.05, 0) is 49.4 Å². The summed E-state index contributed by atoms with van der Waals surface area (Å²) in [5, 5.41) is 2.82. The molecular formula is C15H16FNO2S. The maximum Gasteiger partial charge on any atom is 0.287 e. The molecule has 5 heteroatoms. The number of amides is 1. The van der Waals surface area contributed by atoms with Gasteiger partial charge in [-0.1, -0.05) is 0 Å². The van der Waals surface area contributed by atoms with Crippen LogP contribution in [-0.4, -0.2) is 18.2 Å². The minimum absolute atomic E-state index is 0.181. The topological polar surface area (TPSA) is 42.2 Å². The number of hydrogen-bond donors (Lipinski definition) is 1. The van der Waals surface area contributed by atoms with E-state index in [1.165, 1.54) is 18.4 Å². The van der Waals surface area contributed by atoms with E-state index >= 15 is 0 Å². The van der Waals surface area contributed by atoms with E-state index in [1.807, 2.05) is 6.92 Å². The van der Waals surface area contributed by atoms with E-state index in [-0.39, 0.29) is 11.7 Å². The van der Waals surface area contributed by atoms with Gasteiger partial charge in [0.15, 0.2) is 5.76 Å². The normalized spacial score (nSPS) is 10.5. The molecular weight excluding hydrogens is 277 g/mol. The van der Waals surface area contributed by atoms with Crippen LogP contribution in [0, 0.1) is 12.7 Å². The summed E-state index contributed by atoms with van der Waals surface area (Å²) in [5.74, 6) is 0.828. The number of benzene rings is 1. The number of thioether (sulfide) groups is 1. The Balaban J connectivity index is 1.66. The standard InChI is InChI=1S/C15H16FNO2S/c1-11-7-9-19-14(11)15(18)17-8-2-10-20-13-5-3-12(16)4-6-13/h3-7,9H,2,8,10H2,1H3,(H,17,18). The first kappa shape index (κ1) is 14.7. The van der Waals surface area contributed by atoms with Gasteiger partial charge in [0, 0.05) is 17.0 Å². The Labute approximate surface area is 121 Å². The van der Waals surface area contributed by atoms with Crippen LogP contribution < -0.4 is 5.32 Å². The number of hydrogen-bond acceptors (Lipinski definition) is 3. The van der Waals surface area contributed by atoms with Crippen molar-refractivity contribution in [3.63, 3.8) is 0 Å². The van der Waals surface area contributed by atoms with Crippen molar-refractivity contribution in [3.05, 3.63) is 53.7 Å². The minimum atomic E-state index is -0.226. The predicted octanol–water partition coefficient (Wildman–Crippen LogP) is 3.64. The van der Waals surface area contributed by atoms with Crippen LogP contribution in [0.3, 0.4) is 0 Å². The fourth-order valence-electron chi connectivity index (χ4n) is 1.68. The van der Waals surface area contributed by atoms with Crippen molar-refractivity contribution in [1.29, 1.82) is 0 Å². The molecule has 0 unspecified atom stereocenters. The molecule has 106 valence electrons. The molecule has 0 aliphatic heterocycles. The second-order valence-electron chi connectivity index (χ2n) is 4.34. The minimum Gasteiger partial charge on any atom is -0.459 e. The monoisotopic (exact) mass is 293 g/mol. The van der Waals surface area contributed by atoms with Crippen LogP contribution in [0.4, 0.5) is 4.39 Å². The Bertz CT molecular complexity index is 566. The second kappa shape index (κ2) is 7.14. The van der Waals surface area contributed by atoms with Crippen LogP contribution in [0.25, 0.3) is 0 Å². The number of halogens is 1. The third-order valence-electron chi connectivity index (χ3n) is 2.76. The Morgan fingerprint density at radius 2 is 2.05 bits per heavy atom. The van der Waals surface area contributed by atoms with Crippen LogP contribution in [0.15, 0.2) is 45.9 Å². The largest absolute Gasteiger partial charge is 0.459 e. The lowest BCUT2D eigenvalue weighted by molar-refractivity contribution is 0.0925. The van der Waals surface area contributed by atoms with Crippen LogP contribution >= 0.6 is 11.8 Å². The summed E-state index contributed by atoms with van der Waals surface area (Å²) in [7, 11) is 0. The number of carbonyl (C=O) groups excluding carboxylic acids is 1. The molecule has 0 atom stereocenters. The van der Waals surface area contributed by atoms with Gasteiger partial charge in [-0.25, -0.2) is 4.39 Å². The van der Waals surface area contributed by atoms with Gasteiger partial charge in [-0.2, -0.15) is 0 Å². The molecule has 3 nitrogen and oxygen atoms in total. The number of carbonyl (C=O) groups is 1. The molecule has 0 saturated heterocycles. The van der Waals surface area contributed by atoms with Crippen molar-refractivity contribution >= 4 is 17.7 Å². The van der Waals surface area contributed by atoms with Crippen LogP contribution in [-0.2, 0) is 0 Å². The first-order valence-electron chi connectivity index (χ1n) is 6.37.